The molecule has 2 rings (SSSR count). The lowest BCUT2D eigenvalue weighted by Crippen LogP contribution is -2.26. The van der Waals surface area contributed by atoms with E-state index in [0.29, 0.717) is 10.5 Å². The highest BCUT2D eigenvalue weighted by Gasteiger charge is 2.16. The summed E-state index contributed by atoms with van der Waals surface area (Å²) in [5.74, 6) is 0. The molecule has 2 aromatic rings. The Balaban J connectivity index is 2.92. The summed E-state index contributed by atoms with van der Waals surface area (Å²) in [6, 6.07) is 5.10. The summed E-state index contributed by atoms with van der Waals surface area (Å²) in [4.78, 5) is 12.0. The molecule has 5 heteroatoms. The van der Waals surface area contributed by atoms with Crippen molar-refractivity contribution in [3.8, 4) is 0 Å². The van der Waals surface area contributed by atoms with Crippen molar-refractivity contribution in [2.75, 3.05) is 6.61 Å². The van der Waals surface area contributed by atoms with Crippen LogP contribution in [0.25, 0.3) is 11.0 Å². The summed E-state index contributed by atoms with van der Waals surface area (Å²) >= 11 is 6.09. The zero-order valence-electron chi connectivity index (χ0n) is 9.14. The van der Waals surface area contributed by atoms with E-state index >= 15 is 0 Å². The van der Waals surface area contributed by atoms with E-state index in [1.165, 1.54) is 9.13 Å². The Morgan fingerprint density at radius 1 is 1.50 bits per heavy atom. The fourth-order valence-corrected chi connectivity index (χ4v) is 2.12. The summed E-state index contributed by atoms with van der Waals surface area (Å²) in [7, 11) is 1.70. The molecule has 0 aliphatic heterocycles. The van der Waals surface area contributed by atoms with Crippen LogP contribution < -0.4 is 5.69 Å². The smallest absolute Gasteiger partial charge is 0.329 e. The molecular formula is C11H13ClN2O2. The van der Waals surface area contributed by atoms with Crippen LogP contribution >= 0.6 is 11.6 Å². The Hall–Kier alpha value is -1.26. The van der Waals surface area contributed by atoms with Crippen LogP contribution in [0.4, 0.5) is 0 Å². The largest absolute Gasteiger partial charge is 0.394 e. The third-order valence-corrected chi connectivity index (χ3v) is 3.07. The van der Waals surface area contributed by atoms with Gasteiger partial charge in [0.15, 0.2) is 0 Å². The number of halogens is 1. The molecule has 0 radical (unpaired) electrons. The summed E-state index contributed by atoms with van der Waals surface area (Å²) in [6.07, 6.45) is 0. The molecular weight excluding hydrogens is 228 g/mol. The minimum atomic E-state index is -0.281. The number of hydrogen-bond donors (Lipinski definition) is 1. The monoisotopic (exact) mass is 240 g/mol. The van der Waals surface area contributed by atoms with Gasteiger partial charge in [0.05, 0.1) is 28.7 Å². The highest BCUT2D eigenvalue weighted by atomic mass is 35.5. The number of aliphatic hydroxyl groups excluding tert-OH is 1. The van der Waals surface area contributed by atoms with Crippen molar-refractivity contribution in [3.05, 3.63) is 33.7 Å². The first-order valence-corrected chi connectivity index (χ1v) is 5.42. The Morgan fingerprint density at radius 2 is 2.19 bits per heavy atom. The van der Waals surface area contributed by atoms with E-state index in [1.54, 1.807) is 26.1 Å². The second kappa shape index (κ2) is 3.96. The lowest BCUT2D eigenvalue weighted by Gasteiger charge is -2.10. The fourth-order valence-electron chi connectivity index (χ4n) is 1.86. The van der Waals surface area contributed by atoms with E-state index in [0.717, 1.165) is 5.52 Å². The summed E-state index contributed by atoms with van der Waals surface area (Å²) in [6.45, 7) is 1.69. The van der Waals surface area contributed by atoms with Crippen molar-refractivity contribution in [3.63, 3.8) is 0 Å². The van der Waals surface area contributed by atoms with Crippen LogP contribution in [0.3, 0.4) is 0 Å². The minimum Gasteiger partial charge on any atom is -0.394 e. The molecule has 1 heterocycles. The van der Waals surface area contributed by atoms with Crippen LogP contribution in [0.5, 0.6) is 0 Å². The summed E-state index contributed by atoms with van der Waals surface area (Å²) in [5, 5.41) is 9.68. The van der Waals surface area contributed by atoms with E-state index in [1.807, 2.05) is 6.07 Å². The number of nitrogens with zero attached hydrogens (tertiary/aromatic N) is 2. The molecule has 0 saturated carbocycles. The van der Waals surface area contributed by atoms with Crippen LogP contribution in [-0.4, -0.2) is 20.8 Å². The van der Waals surface area contributed by atoms with E-state index in [9.17, 15) is 4.79 Å². The summed E-state index contributed by atoms with van der Waals surface area (Å²) in [5.41, 5.74) is 1.29. The molecule has 1 atom stereocenters. The molecule has 0 spiro atoms. The minimum absolute atomic E-state index is 0.0930. The molecule has 0 bridgehead atoms. The first-order valence-electron chi connectivity index (χ1n) is 5.04. The maximum atomic E-state index is 12.0. The van der Waals surface area contributed by atoms with Crippen LogP contribution in [-0.2, 0) is 7.05 Å². The second-order valence-corrected chi connectivity index (χ2v) is 4.26. The van der Waals surface area contributed by atoms with Crippen molar-refractivity contribution in [2.45, 2.75) is 13.0 Å². The van der Waals surface area contributed by atoms with Crippen molar-refractivity contribution in [2.24, 2.45) is 7.05 Å². The Bertz CT molecular complexity index is 585. The SMILES string of the molecule is CC(CO)n1c(=O)n(C)c2cccc(Cl)c21. The highest BCUT2D eigenvalue weighted by molar-refractivity contribution is 6.35. The molecule has 0 amide bonds. The number of para-hydroxylation sites is 1. The number of fused-ring (bicyclic) bond motifs is 1. The van der Waals surface area contributed by atoms with Gasteiger partial charge in [0.1, 0.15) is 0 Å². The standard InChI is InChI=1S/C11H13ClN2O2/c1-7(6-15)14-10-8(12)4-3-5-9(10)13(2)11(14)16/h3-5,7,15H,6H2,1-2H3. The van der Waals surface area contributed by atoms with Gasteiger partial charge >= 0.3 is 5.69 Å². The zero-order valence-corrected chi connectivity index (χ0v) is 9.90. The molecule has 1 aromatic carbocycles. The molecule has 86 valence electrons. The molecule has 16 heavy (non-hydrogen) atoms. The molecule has 0 saturated heterocycles. The van der Waals surface area contributed by atoms with Crippen molar-refractivity contribution >= 4 is 22.6 Å². The summed E-state index contributed by atoms with van der Waals surface area (Å²) < 4.78 is 3.06. The van der Waals surface area contributed by atoms with Crippen LogP contribution in [0.2, 0.25) is 5.02 Å². The van der Waals surface area contributed by atoms with Gasteiger partial charge in [-0.1, -0.05) is 17.7 Å². The molecule has 0 fully saturated rings. The average Bonchev–Trinajstić information content (AvgIpc) is 2.54. The zero-order chi connectivity index (χ0) is 11.9. The van der Waals surface area contributed by atoms with Gasteiger partial charge in [0.2, 0.25) is 0 Å². The van der Waals surface area contributed by atoms with Crippen molar-refractivity contribution in [1.29, 1.82) is 0 Å². The van der Waals surface area contributed by atoms with E-state index < -0.39 is 0 Å². The molecule has 1 N–H and O–H groups in total. The first kappa shape index (κ1) is 11.2. The third-order valence-electron chi connectivity index (χ3n) is 2.77. The number of benzene rings is 1. The Morgan fingerprint density at radius 3 is 2.81 bits per heavy atom. The van der Waals surface area contributed by atoms with E-state index in [2.05, 4.69) is 0 Å². The second-order valence-electron chi connectivity index (χ2n) is 3.85. The molecule has 0 aliphatic rings. The molecule has 0 aliphatic carbocycles. The number of rotatable bonds is 2. The number of hydrogen-bond acceptors (Lipinski definition) is 2. The number of aryl methyl sites for hydroxylation is 1. The first-order chi connectivity index (χ1) is 7.57. The lowest BCUT2D eigenvalue weighted by atomic mass is 10.3. The van der Waals surface area contributed by atoms with Crippen molar-refractivity contribution < 1.29 is 5.11 Å². The normalized spacial score (nSPS) is 13.2. The molecule has 1 unspecified atom stereocenters. The highest BCUT2D eigenvalue weighted by Crippen LogP contribution is 2.24. The third kappa shape index (κ3) is 1.45. The van der Waals surface area contributed by atoms with Gasteiger partial charge in [-0.25, -0.2) is 4.79 Å². The van der Waals surface area contributed by atoms with Crippen LogP contribution in [0.15, 0.2) is 23.0 Å². The quantitative estimate of drug-likeness (QED) is 0.866. The van der Waals surface area contributed by atoms with Gasteiger partial charge in [-0.05, 0) is 19.1 Å². The molecule has 1 aromatic heterocycles. The van der Waals surface area contributed by atoms with Gasteiger partial charge in [0.25, 0.3) is 0 Å². The van der Waals surface area contributed by atoms with Gasteiger partial charge in [-0.3, -0.25) is 9.13 Å². The van der Waals surface area contributed by atoms with Gasteiger partial charge in [-0.15, -0.1) is 0 Å². The fraction of sp³-hybridized carbons (Fsp3) is 0.364. The van der Waals surface area contributed by atoms with Gasteiger partial charge < -0.3 is 5.11 Å². The molecule has 4 nitrogen and oxygen atoms in total. The number of aliphatic hydroxyl groups is 1. The number of aromatic nitrogens is 2. The van der Waals surface area contributed by atoms with Crippen LogP contribution in [0, 0.1) is 0 Å². The van der Waals surface area contributed by atoms with Crippen LogP contribution in [0.1, 0.15) is 13.0 Å². The van der Waals surface area contributed by atoms with Gasteiger partial charge in [0, 0.05) is 7.05 Å². The topological polar surface area (TPSA) is 47.2 Å². The Kier molecular flexibility index (Phi) is 2.78. The Labute approximate surface area is 97.7 Å². The van der Waals surface area contributed by atoms with Crippen molar-refractivity contribution in [1.82, 2.24) is 9.13 Å². The van der Waals surface area contributed by atoms with E-state index in [-0.39, 0.29) is 18.3 Å². The predicted molar refractivity (Wildman–Crippen MR) is 64.0 cm³/mol. The predicted octanol–water partition coefficient (Wildman–Crippen LogP) is 1.55. The van der Waals surface area contributed by atoms with Gasteiger partial charge in [-0.2, -0.15) is 0 Å². The van der Waals surface area contributed by atoms with E-state index in [4.69, 9.17) is 16.7 Å². The maximum absolute atomic E-state index is 12.0. The lowest BCUT2D eigenvalue weighted by molar-refractivity contribution is 0.238. The number of imidazole rings is 1. The maximum Gasteiger partial charge on any atom is 0.329 e. The average molecular weight is 241 g/mol.